The summed E-state index contributed by atoms with van der Waals surface area (Å²) in [5.41, 5.74) is 0. The lowest BCUT2D eigenvalue weighted by Gasteiger charge is -1.94. The van der Waals surface area contributed by atoms with E-state index < -0.39 is 15.9 Å². The molecule has 0 aromatic heterocycles. The van der Waals surface area contributed by atoms with Crippen LogP contribution in [-0.4, -0.2) is 25.9 Å². The molecule has 1 atom stereocenters. The van der Waals surface area contributed by atoms with E-state index in [1.807, 2.05) is 0 Å². The zero-order valence-electron chi connectivity index (χ0n) is 6.11. The Kier molecular flexibility index (Phi) is 3.60. The first kappa shape index (κ1) is 9.65. The molecule has 0 aromatic carbocycles. The lowest BCUT2D eigenvalue weighted by molar-refractivity contribution is 0.198. The Morgan fingerprint density at radius 2 is 2.10 bits per heavy atom. The van der Waals surface area contributed by atoms with Crippen molar-refractivity contribution < 1.29 is 13.5 Å². The molecule has 0 aliphatic carbocycles. The van der Waals surface area contributed by atoms with E-state index in [4.69, 9.17) is 5.11 Å². The first-order chi connectivity index (χ1) is 4.42. The van der Waals surface area contributed by atoms with Gasteiger partial charge in [-0.25, -0.2) is 8.42 Å². The van der Waals surface area contributed by atoms with Gasteiger partial charge in [-0.05, 0) is 13.3 Å². The van der Waals surface area contributed by atoms with Crippen LogP contribution in [-0.2, 0) is 9.84 Å². The minimum atomic E-state index is -3.01. The third-order valence-corrected chi connectivity index (χ3v) is 1.51. The lowest BCUT2D eigenvalue weighted by atomic mass is 10.3. The van der Waals surface area contributed by atoms with Crippen molar-refractivity contribution in [2.45, 2.75) is 19.4 Å². The van der Waals surface area contributed by atoms with Crippen molar-refractivity contribution >= 4 is 9.84 Å². The summed E-state index contributed by atoms with van der Waals surface area (Å²) in [5, 5.41) is 9.80. The summed E-state index contributed by atoms with van der Waals surface area (Å²) in [6, 6.07) is 0. The number of hydrogen-bond donors (Lipinski definition) is 1. The van der Waals surface area contributed by atoms with Crippen molar-refractivity contribution in [3.63, 3.8) is 0 Å². The van der Waals surface area contributed by atoms with Gasteiger partial charge in [0.05, 0.1) is 6.10 Å². The largest absolute Gasteiger partial charge is 0.393 e. The third kappa shape index (κ3) is 7.65. The molecule has 0 aliphatic heterocycles. The van der Waals surface area contributed by atoms with E-state index in [-0.39, 0.29) is 0 Å². The molecule has 4 heteroatoms. The second kappa shape index (κ2) is 3.73. The zero-order chi connectivity index (χ0) is 8.20. The molecule has 10 heavy (non-hydrogen) atoms. The Bertz CT molecular complexity index is 201. The number of aliphatic hydroxyl groups is 1. The molecule has 0 spiro atoms. The van der Waals surface area contributed by atoms with Crippen LogP contribution in [0.25, 0.3) is 0 Å². The average molecular weight is 164 g/mol. The van der Waals surface area contributed by atoms with Gasteiger partial charge in [-0.15, -0.1) is 0 Å². The summed E-state index contributed by atoms with van der Waals surface area (Å²) < 4.78 is 20.9. The average Bonchev–Trinajstić information content (AvgIpc) is 1.59. The Morgan fingerprint density at radius 1 is 1.60 bits per heavy atom. The van der Waals surface area contributed by atoms with Gasteiger partial charge in [0.15, 0.2) is 9.84 Å². The van der Waals surface area contributed by atoms with Gasteiger partial charge in [-0.2, -0.15) is 0 Å². The quantitative estimate of drug-likeness (QED) is 0.653. The van der Waals surface area contributed by atoms with Crippen molar-refractivity contribution in [3.8, 4) is 0 Å². The van der Waals surface area contributed by atoms with Crippen molar-refractivity contribution in [2.24, 2.45) is 0 Å². The summed E-state index contributed by atoms with van der Waals surface area (Å²) in [7, 11) is -3.01. The minimum Gasteiger partial charge on any atom is -0.393 e. The summed E-state index contributed by atoms with van der Waals surface area (Å²) in [5.74, 6) is 0. The molecular weight excluding hydrogens is 152 g/mol. The first-order valence-corrected chi connectivity index (χ1v) is 4.92. The molecule has 0 aromatic rings. The fourth-order valence-electron chi connectivity index (χ4n) is 0.427. The van der Waals surface area contributed by atoms with Gasteiger partial charge in [0.2, 0.25) is 0 Å². The van der Waals surface area contributed by atoms with Crippen LogP contribution in [0.15, 0.2) is 11.5 Å². The topological polar surface area (TPSA) is 54.4 Å². The van der Waals surface area contributed by atoms with E-state index in [1.165, 1.54) is 6.08 Å². The Morgan fingerprint density at radius 3 is 2.40 bits per heavy atom. The van der Waals surface area contributed by atoms with Crippen LogP contribution in [0, 0.1) is 0 Å². The molecule has 0 amide bonds. The molecule has 0 bridgehead atoms. The maximum atomic E-state index is 10.4. The van der Waals surface area contributed by atoms with Gasteiger partial charge in [-0.3, -0.25) is 0 Å². The highest BCUT2D eigenvalue weighted by molar-refractivity contribution is 7.93. The second-order valence-electron chi connectivity index (χ2n) is 2.29. The molecule has 0 radical (unpaired) electrons. The molecule has 0 fully saturated rings. The smallest absolute Gasteiger partial charge is 0.168 e. The molecule has 0 aliphatic rings. The number of hydrogen-bond acceptors (Lipinski definition) is 3. The highest BCUT2D eigenvalue weighted by atomic mass is 32.2. The molecular formula is C6H12O3S. The lowest BCUT2D eigenvalue weighted by Crippen LogP contribution is -1.96. The summed E-state index contributed by atoms with van der Waals surface area (Å²) >= 11 is 0. The van der Waals surface area contributed by atoms with Gasteiger partial charge in [0, 0.05) is 11.7 Å². The maximum absolute atomic E-state index is 10.4. The monoisotopic (exact) mass is 164 g/mol. The van der Waals surface area contributed by atoms with E-state index in [0.717, 1.165) is 11.7 Å². The van der Waals surface area contributed by atoms with Crippen molar-refractivity contribution in [3.05, 3.63) is 11.5 Å². The Balaban J connectivity index is 3.80. The SMILES string of the molecule is CC(O)CC=CS(C)(=O)=O. The maximum Gasteiger partial charge on any atom is 0.168 e. The van der Waals surface area contributed by atoms with E-state index in [2.05, 4.69) is 0 Å². The molecule has 0 rings (SSSR count). The van der Waals surface area contributed by atoms with Gasteiger partial charge < -0.3 is 5.11 Å². The van der Waals surface area contributed by atoms with Gasteiger partial charge in [0.1, 0.15) is 0 Å². The van der Waals surface area contributed by atoms with Gasteiger partial charge in [-0.1, -0.05) is 6.08 Å². The van der Waals surface area contributed by atoms with Gasteiger partial charge >= 0.3 is 0 Å². The molecule has 1 unspecified atom stereocenters. The van der Waals surface area contributed by atoms with Crippen molar-refractivity contribution in [1.29, 1.82) is 0 Å². The molecule has 1 N–H and O–H groups in total. The van der Waals surface area contributed by atoms with Crippen LogP contribution in [0.5, 0.6) is 0 Å². The van der Waals surface area contributed by atoms with Crippen LogP contribution in [0.4, 0.5) is 0 Å². The number of sulfone groups is 1. The minimum absolute atomic E-state index is 0.382. The summed E-state index contributed by atoms with van der Waals surface area (Å²) in [6.45, 7) is 1.60. The van der Waals surface area contributed by atoms with E-state index in [9.17, 15) is 8.42 Å². The van der Waals surface area contributed by atoms with Crippen LogP contribution in [0.1, 0.15) is 13.3 Å². The first-order valence-electron chi connectivity index (χ1n) is 2.96. The normalized spacial score (nSPS) is 15.9. The molecule has 0 heterocycles. The highest BCUT2D eigenvalue weighted by Gasteiger charge is 1.93. The second-order valence-corrected chi connectivity index (χ2v) is 4.22. The van der Waals surface area contributed by atoms with Gasteiger partial charge in [0.25, 0.3) is 0 Å². The highest BCUT2D eigenvalue weighted by Crippen LogP contribution is 1.93. The summed E-state index contributed by atoms with van der Waals surface area (Å²) in [4.78, 5) is 0. The van der Waals surface area contributed by atoms with E-state index >= 15 is 0 Å². The Labute approximate surface area is 61.3 Å². The van der Waals surface area contributed by atoms with E-state index in [1.54, 1.807) is 6.92 Å². The van der Waals surface area contributed by atoms with Crippen molar-refractivity contribution in [1.82, 2.24) is 0 Å². The molecule has 60 valence electrons. The third-order valence-electron chi connectivity index (χ3n) is 0.821. The fourth-order valence-corrected chi connectivity index (χ4v) is 0.888. The molecule has 3 nitrogen and oxygen atoms in total. The Hall–Kier alpha value is -0.350. The predicted molar refractivity (Wildman–Crippen MR) is 40.3 cm³/mol. The van der Waals surface area contributed by atoms with Crippen LogP contribution >= 0.6 is 0 Å². The van der Waals surface area contributed by atoms with Crippen molar-refractivity contribution in [2.75, 3.05) is 6.26 Å². The van der Waals surface area contributed by atoms with Crippen LogP contribution in [0.2, 0.25) is 0 Å². The molecule has 0 saturated carbocycles. The fraction of sp³-hybridized carbons (Fsp3) is 0.667. The zero-order valence-corrected chi connectivity index (χ0v) is 6.93. The summed E-state index contributed by atoms with van der Waals surface area (Å²) in [6.07, 6.45) is 2.47. The van der Waals surface area contributed by atoms with Crippen LogP contribution < -0.4 is 0 Å². The molecule has 0 saturated heterocycles. The number of aliphatic hydroxyl groups excluding tert-OH is 1. The van der Waals surface area contributed by atoms with E-state index in [0.29, 0.717) is 6.42 Å². The van der Waals surface area contributed by atoms with Crippen LogP contribution in [0.3, 0.4) is 0 Å². The predicted octanol–water partition coefficient (Wildman–Crippen LogP) is 0.316. The standard InChI is InChI=1S/C6H12O3S/c1-6(7)4-3-5-10(2,8)9/h3,5-7H,4H2,1-2H3. The number of rotatable bonds is 3.